The number of fused-ring (bicyclic) bond motifs is 5. The number of ketones is 1. The molecule has 0 aromatic heterocycles. The summed E-state index contributed by atoms with van der Waals surface area (Å²) in [5, 5.41) is 10.2. The van der Waals surface area contributed by atoms with E-state index in [1.807, 2.05) is 0 Å². The van der Waals surface area contributed by atoms with Crippen LogP contribution in [0.15, 0.2) is 41.5 Å². The van der Waals surface area contributed by atoms with Gasteiger partial charge in [0.25, 0.3) is 0 Å². The lowest BCUT2D eigenvalue weighted by molar-refractivity contribution is -0.130. The summed E-state index contributed by atoms with van der Waals surface area (Å²) >= 11 is 0. The first-order valence-corrected chi connectivity index (χ1v) is 11.5. The van der Waals surface area contributed by atoms with E-state index in [1.165, 1.54) is 11.1 Å². The molecule has 2 heteroatoms. The number of rotatable bonds is 1. The van der Waals surface area contributed by atoms with Crippen LogP contribution in [0.5, 0.6) is 0 Å². The monoisotopic (exact) mass is 390 g/mol. The molecule has 0 aliphatic heterocycles. The Balaban J connectivity index is 1.47. The quantitative estimate of drug-likeness (QED) is 0.480. The van der Waals surface area contributed by atoms with E-state index in [0.717, 1.165) is 56.1 Å². The van der Waals surface area contributed by atoms with Crippen molar-refractivity contribution in [2.45, 2.75) is 71.8 Å². The average molecular weight is 391 g/mol. The Kier molecular flexibility index (Phi) is 4.44. The van der Waals surface area contributed by atoms with E-state index in [9.17, 15) is 9.90 Å². The van der Waals surface area contributed by atoms with Crippen molar-refractivity contribution >= 4 is 11.9 Å². The Hall–Kier alpha value is -1.67. The Morgan fingerprint density at radius 3 is 2.48 bits per heavy atom. The van der Waals surface area contributed by atoms with Crippen LogP contribution < -0.4 is 0 Å². The first-order chi connectivity index (χ1) is 13.8. The van der Waals surface area contributed by atoms with Gasteiger partial charge in [-0.05, 0) is 92.3 Å². The minimum Gasteiger partial charge on any atom is -0.393 e. The second kappa shape index (κ2) is 6.67. The van der Waals surface area contributed by atoms with Gasteiger partial charge in [-0.25, -0.2) is 0 Å². The Labute approximate surface area is 175 Å². The highest BCUT2D eigenvalue weighted by atomic mass is 16.3. The predicted octanol–water partition coefficient (Wildman–Crippen LogP) is 5.88. The number of carbonyl (C=O) groups is 1. The van der Waals surface area contributed by atoms with Gasteiger partial charge >= 0.3 is 0 Å². The molecule has 0 unspecified atom stereocenters. The van der Waals surface area contributed by atoms with Crippen molar-refractivity contribution in [3.05, 3.63) is 52.6 Å². The van der Waals surface area contributed by atoms with Gasteiger partial charge < -0.3 is 5.11 Å². The molecular weight excluding hydrogens is 356 g/mol. The van der Waals surface area contributed by atoms with Gasteiger partial charge in [0.15, 0.2) is 5.78 Å². The van der Waals surface area contributed by atoms with Crippen LogP contribution in [0.2, 0.25) is 0 Å². The van der Waals surface area contributed by atoms with Crippen LogP contribution in [-0.2, 0) is 4.79 Å². The fourth-order valence-electron chi connectivity index (χ4n) is 7.31. The van der Waals surface area contributed by atoms with E-state index in [-0.39, 0.29) is 16.9 Å². The van der Waals surface area contributed by atoms with Gasteiger partial charge in [-0.2, -0.15) is 0 Å². The van der Waals surface area contributed by atoms with Crippen LogP contribution in [0.4, 0.5) is 0 Å². The molecule has 29 heavy (non-hydrogen) atoms. The maximum absolute atomic E-state index is 13.5. The molecule has 154 valence electrons. The lowest BCUT2D eigenvalue weighted by Gasteiger charge is -2.56. The number of Topliss-reactive ketones (excluding diaryl/α,β-unsaturated/α-hetero) is 1. The van der Waals surface area contributed by atoms with Crippen molar-refractivity contribution in [1.82, 2.24) is 0 Å². The summed E-state index contributed by atoms with van der Waals surface area (Å²) in [5.41, 5.74) is 4.99. The van der Waals surface area contributed by atoms with Crippen molar-refractivity contribution in [3.8, 4) is 0 Å². The van der Waals surface area contributed by atoms with E-state index in [4.69, 9.17) is 0 Å². The smallest absolute Gasteiger partial charge is 0.165 e. The van der Waals surface area contributed by atoms with E-state index < -0.39 is 0 Å². The molecule has 0 bridgehead atoms. The summed E-state index contributed by atoms with van der Waals surface area (Å²) in [6.07, 6.45) is 11.5. The molecule has 0 saturated heterocycles. The topological polar surface area (TPSA) is 37.3 Å². The van der Waals surface area contributed by atoms with E-state index >= 15 is 0 Å². The minimum atomic E-state index is -0.187. The number of hydrogen-bond acceptors (Lipinski definition) is 2. The van der Waals surface area contributed by atoms with Gasteiger partial charge in [0.2, 0.25) is 0 Å². The summed E-state index contributed by atoms with van der Waals surface area (Å²) in [4.78, 5) is 13.5. The van der Waals surface area contributed by atoms with Crippen LogP contribution in [0, 0.1) is 35.5 Å². The number of benzene rings is 1. The number of carbonyl (C=O) groups excluding carboxylic acids is 1. The molecule has 0 spiro atoms. The van der Waals surface area contributed by atoms with Crippen LogP contribution in [0.25, 0.3) is 6.08 Å². The maximum atomic E-state index is 13.5. The third-order valence-corrected chi connectivity index (χ3v) is 9.14. The highest BCUT2D eigenvalue weighted by Crippen LogP contribution is 2.64. The fraction of sp³-hybridized carbons (Fsp3) is 0.593. The zero-order valence-electron chi connectivity index (χ0n) is 18.1. The molecule has 2 nitrogen and oxygen atoms in total. The molecule has 5 rings (SSSR count). The number of aryl methyl sites for hydroxylation is 1. The molecule has 4 aliphatic carbocycles. The summed E-state index contributed by atoms with van der Waals surface area (Å²) in [6.45, 7) is 6.80. The lowest BCUT2D eigenvalue weighted by atomic mass is 9.48. The van der Waals surface area contributed by atoms with Crippen LogP contribution in [0.3, 0.4) is 0 Å². The van der Waals surface area contributed by atoms with Gasteiger partial charge in [-0.3, -0.25) is 4.79 Å². The zero-order valence-corrected chi connectivity index (χ0v) is 18.1. The number of aliphatic hydroxyl groups is 1. The summed E-state index contributed by atoms with van der Waals surface area (Å²) in [7, 11) is 0. The van der Waals surface area contributed by atoms with Gasteiger partial charge in [0.05, 0.1) is 6.10 Å². The first kappa shape index (κ1) is 19.3. The van der Waals surface area contributed by atoms with Gasteiger partial charge in [0, 0.05) is 5.41 Å². The van der Waals surface area contributed by atoms with E-state index in [1.54, 1.807) is 0 Å². The third kappa shape index (κ3) is 2.90. The molecule has 4 aliphatic rings. The second-order valence-corrected chi connectivity index (χ2v) is 10.7. The van der Waals surface area contributed by atoms with E-state index in [0.29, 0.717) is 23.5 Å². The molecule has 3 fully saturated rings. The molecule has 6 atom stereocenters. The lowest BCUT2D eigenvalue weighted by Crippen LogP contribution is -2.50. The first-order valence-electron chi connectivity index (χ1n) is 11.5. The minimum absolute atomic E-state index is 0.156. The van der Waals surface area contributed by atoms with Crippen molar-refractivity contribution in [1.29, 1.82) is 0 Å². The van der Waals surface area contributed by atoms with Crippen LogP contribution >= 0.6 is 0 Å². The largest absolute Gasteiger partial charge is 0.393 e. The van der Waals surface area contributed by atoms with Crippen molar-refractivity contribution in [3.63, 3.8) is 0 Å². The van der Waals surface area contributed by atoms with E-state index in [2.05, 4.69) is 57.2 Å². The molecule has 1 N–H and O–H groups in total. The fourth-order valence-corrected chi connectivity index (χ4v) is 7.31. The summed E-state index contributed by atoms with van der Waals surface area (Å²) in [5.74, 6) is 2.14. The third-order valence-electron chi connectivity index (χ3n) is 9.14. The van der Waals surface area contributed by atoms with Gasteiger partial charge in [0.1, 0.15) is 0 Å². The molecule has 1 aromatic carbocycles. The summed E-state index contributed by atoms with van der Waals surface area (Å²) < 4.78 is 0. The van der Waals surface area contributed by atoms with Crippen molar-refractivity contribution in [2.75, 3.05) is 0 Å². The highest BCUT2D eigenvalue weighted by molar-refractivity contribution is 6.05. The van der Waals surface area contributed by atoms with Gasteiger partial charge in [-0.15, -0.1) is 0 Å². The standard InChI is InChI=1S/C27H34O2/c1-17-4-6-18(7-5-17)14-19-15-24-22-9-8-20-16-21(28)10-12-26(20,2)23(22)11-13-27(24,3)25(19)29/h4-8,14,21-24,28H,9-13,15-16H2,1-3H3/b19-14-/t21-,22-,23+,24-,26+,27+/m1/s1. The normalized spacial score (nSPS) is 42.8. The Morgan fingerprint density at radius 1 is 1.00 bits per heavy atom. The Bertz CT molecular complexity index is 892. The van der Waals surface area contributed by atoms with Crippen molar-refractivity contribution < 1.29 is 9.90 Å². The number of aliphatic hydroxyl groups excluding tert-OH is 1. The average Bonchev–Trinajstić information content (AvgIpc) is 2.95. The molecule has 0 amide bonds. The Morgan fingerprint density at radius 2 is 1.72 bits per heavy atom. The highest BCUT2D eigenvalue weighted by Gasteiger charge is 2.59. The zero-order chi connectivity index (χ0) is 20.4. The maximum Gasteiger partial charge on any atom is 0.165 e. The molecular formula is C27H34O2. The van der Waals surface area contributed by atoms with Gasteiger partial charge in [-0.1, -0.05) is 55.3 Å². The SMILES string of the molecule is Cc1ccc(/C=C2/C[C@@H]3[C@@H]4CC=C5C[C@H](O)CC[C@]5(C)[C@H]4CC[C@]3(C)C2=O)cc1. The van der Waals surface area contributed by atoms with Crippen LogP contribution in [0.1, 0.15) is 69.9 Å². The van der Waals surface area contributed by atoms with Crippen LogP contribution in [-0.4, -0.2) is 17.0 Å². The molecule has 1 aromatic rings. The number of hydrogen-bond donors (Lipinski definition) is 1. The second-order valence-electron chi connectivity index (χ2n) is 10.7. The molecule has 0 radical (unpaired) electrons. The number of allylic oxidation sites excluding steroid dienone is 2. The predicted molar refractivity (Wildman–Crippen MR) is 117 cm³/mol. The van der Waals surface area contributed by atoms with Crippen molar-refractivity contribution in [2.24, 2.45) is 28.6 Å². The summed E-state index contributed by atoms with van der Waals surface area (Å²) in [6, 6.07) is 8.52. The molecule has 0 heterocycles. The molecule has 3 saturated carbocycles.